The lowest BCUT2D eigenvalue weighted by Crippen LogP contribution is -1.83. The first-order chi connectivity index (χ1) is 5.38. The smallest absolute Gasteiger partial charge is 0.0721 e. The number of ether oxygens (including phenoxy) is 1. The van der Waals surface area contributed by atoms with Crippen molar-refractivity contribution in [3.63, 3.8) is 0 Å². The third-order valence-electron chi connectivity index (χ3n) is 1.97. The van der Waals surface area contributed by atoms with Gasteiger partial charge in [-0.1, -0.05) is 26.0 Å². The zero-order valence-corrected chi connectivity index (χ0v) is 7.39. The van der Waals surface area contributed by atoms with Crippen molar-refractivity contribution < 1.29 is 4.74 Å². The largest absolute Gasteiger partial charge is 0.372 e. The average Bonchev–Trinajstić information content (AvgIpc) is 2.47. The van der Waals surface area contributed by atoms with E-state index in [1.165, 1.54) is 11.1 Å². The minimum absolute atomic E-state index is 0.819. The van der Waals surface area contributed by atoms with Crippen molar-refractivity contribution in [2.24, 2.45) is 0 Å². The molecular weight excluding hydrogens is 136 g/mol. The molecule has 11 heavy (non-hydrogen) atoms. The highest BCUT2D eigenvalue weighted by Gasteiger charge is 2.09. The second-order valence-corrected chi connectivity index (χ2v) is 2.79. The summed E-state index contributed by atoms with van der Waals surface area (Å²) in [5, 5.41) is 0. The van der Waals surface area contributed by atoms with Gasteiger partial charge in [-0.2, -0.15) is 0 Å². The Balaban J connectivity index is 2.59. The first-order valence-electron chi connectivity index (χ1n) is 4.33. The molecule has 0 bridgehead atoms. The predicted octanol–water partition coefficient (Wildman–Crippen LogP) is 2.69. The van der Waals surface area contributed by atoms with E-state index in [2.05, 4.69) is 26.0 Å². The van der Waals surface area contributed by atoms with Crippen LogP contribution in [0.4, 0.5) is 0 Å². The van der Waals surface area contributed by atoms with Gasteiger partial charge in [0.25, 0.3) is 0 Å². The Morgan fingerprint density at radius 1 is 1.36 bits per heavy atom. The summed E-state index contributed by atoms with van der Waals surface area (Å²) >= 11 is 0. The van der Waals surface area contributed by atoms with E-state index in [1.807, 2.05) is 0 Å². The van der Waals surface area contributed by atoms with E-state index >= 15 is 0 Å². The normalized spacial score (nSPS) is 18.7. The third kappa shape index (κ3) is 2.19. The topological polar surface area (TPSA) is 9.23 Å². The molecule has 1 aliphatic rings. The van der Waals surface area contributed by atoms with E-state index in [1.54, 1.807) is 0 Å². The van der Waals surface area contributed by atoms with Gasteiger partial charge in [0.05, 0.1) is 13.2 Å². The van der Waals surface area contributed by atoms with Gasteiger partial charge in [-0.25, -0.2) is 0 Å². The fourth-order valence-electron chi connectivity index (χ4n) is 1.23. The summed E-state index contributed by atoms with van der Waals surface area (Å²) in [6, 6.07) is 0. The van der Waals surface area contributed by atoms with Gasteiger partial charge < -0.3 is 4.74 Å². The first-order valence-corrected chi connectivity index (χ1v) is 4.33. The molecule has 1 rings (SSSR count). The fraction of sp³-hybridized carbons (Fsp3) is 0.600. The molecule has 0 spiro atoms. The standard InChI is InChI=1S/C10H16O/c1-3-5-6-10-8-11-7-9(10)4-2/h5-6H,3-4,7-8H2,1-2H3/b6-5+. The van der Waals surface area contributed by atoms with Gasteiger partial charge in [-0.15, -0.1) is 0 Å². The molecule has 0 amide bonds. The number of hydrogen-bond acceptors (Lipinski definition) is 1. The highest BCUT2D eigenvalue weighted by molar-refractivity contribution is 5.29. The Kier molecular flexibility index (Phi) is 3.37. The van der Waals surface area contributed by atoms with Crippen LogP contribution in [-0.4, -0.2) is 13.2 Å². The quantitative estimate of drug-likeness (QED) is 0.604. The maximum Gasteiger partial charge on any atom is 0.0721 e. The SMILES string of the molecule is CC/C=C/C1=C(CC)COC1. The zero-order chi connectivity index (χ0) is 8.10. The maximum atomic E-state index is 5.33. The van der Waals surface area contributed by atoms with Crippen LogP contribution in [-0.2, 0) is 4.74 Å². The average molecular weight is 152 g/mol. The Morgan fingerprint density at radius 2 is 2.18 bits per heavy atom. The molecule has 0 N–H and O–H groups in total. The monoisotopic (exact) mass is 152 g/mol. The molecule has 0 saturated carbocycles. The van der Waals surface area contributed by atoms with E-state index in [9.17, 15) is 0 Å². The number of rotatable bonds is 3. The van der Waals surface area contributed by atoms with Gasteiger partial charge in [0.15, 0.2) is 0 Å². The van der Waals surface area contributed by atoms with Crippen LogP contribution >= 0.6 is 0 Å². The lowest BCUT2D eigenvalue weighted by molar-refractivity contribution is 0.204. The van der Waals surface area contributed by atoms with Crippen LogP contribution in [0.1, 0.15) is 26.7 Å². The van der Waals surface area contributed by atoms with Crippen molar-refractivity contribution in [1.82, 2.24) is 0 Å². The van der Waals surface area contributed by atoms with Gasteiger partial charge >= 0.3 is 0 Å². The minimum Gasteiger partial charge on any atom is -0.372 e. The maximum absolute atomic E-state index is 5.33. The molecule has 1 heterocycles. The van der Waals surface area contributed by atoms with E-state index in [-0.39, 0.29) is 0 Å². The minimum atomic E-state index is 0.819. The summed E-state index contributed by atoms with van der Waals surface area (Å²) in [5.74, 6) is 0. The molecule has 1 nitrogen and oxygen atoms in total. The van der Waals surface area contributed by atoms with Crippen LogP contribution in [0.5, 0.6) is 0 Å². The van der Waals surface area contributed by atoms with Gasteiger partial charge in [-0.3, -0.25) is 0 Å². The van der Waals surface area contributed by atoms with Crippen LogP contribution in [0.2, 0.25) is 0 Å². The Labute approximate surface area is 68.8 Å². The second kappa shape index (κ2) is 4.35. The van der Waals surface area contributed by atoms with Crippen LogP contribution < -0.4 is 0 Å². The van der Waals surface area contributed by atoms with Crippen LogP contribution in [0.15, 0.2) is 23.3 Å². The van der Waals surface area contributed by atoms with Gasteiger partial charge in [-0.05, 0) is 24.0 Å². The molecule has 1 aliphatic heterocycles. The summed E-state index contributed by atoms with van der Waals surface area (Å²) in [5.41, 5.74) is 2.86. The summed E-state index contributed by atoms with van der Waals surface area (Å²) in [6.07, 6.45) is 6.63. The fourth-order valence-corrected chi connectivity index (χ4v) is 1.23. The predicted molar refractivity (Wildman–Crippen MR) is 47.6 cm³/mol. The van der Waals surface area contributed by atoms with Crippen molar-refractivity contribution in [1.29, 1.82) is 0 Å². The summed E-state index contributed by atoms with van der Waals surface area (Å²) < 4.78 is 5.33. The molecule has 0 aliphatic carbocycles. The molecular formula is C10H16O. The molecule has 0 saturated heterocycles. The van der Waals surface area contributed by atoms with Crippen molar-refractivity contribution >= 4 is 0 Å². The number of hydrogen-bond donors (Lipinski definition) is 0. The van der Waals surface area contributed by atoms with Crippen molar-refractivity contribution in [2.45, 2.75) is 26.7 Å². The highest BCUT2D eigenvalue weighted by atomic mass is 16.5. The summed E-state index contributed by atoms with van der Waals surface area (Å²) in [7, 11) is 0. The van der Waals surface area contributed by atoms with Crippen molar-refractivity contribution in [2.75, 3.05) is 13.2 Å². The molecule has 62 valence electrons. The van der Waals surface area contributed by atoms with Crippen LogP contribution in [0, 0.1) is 0 Å². The molecule has 0 aromatic carbocycles. The molecule has 0 aromatic heterocycles. The van der Waals surface area contributed by atoms with Crippen molar-refractivity contribution in [3.05, 3.63) is 23.3 Å². The van der Waals surface area contributed by atoms with Crippen molar-refractivity contribution in [3.8, 4) is 0 Å². The van der Waals surface area contributed by atoms with E-state index in [0.717, 1.165) is 26.1 Å². The van der Waals surface area contributed by atoms with Gasteiger partial charge in [0.1, 0.15) is 0 Å². The lowest BCUT2D eigenvalue weighted by atomic mass is 10.1. The van der Waals surface area contributed by atoms with E-state index < -0.39 is 0 Å². The highest BCUT2D eigenvalue weighted by Crippen LogP contribution is 2.17. The van der Waals surface area contributed by atoms with Crippen LogP contribution in [0.3, 0.4) is 0 Å². The van der Waals surface area contributed by atoms with E-state index in [4.69, 9.17) is 4.74 Å². The number of allylic oxidation sites excluding steroid dienone is 1. The van der Waals surface area contributed by atoms with Crippen LogP contribution in [0.25, 0.3) is 0 Å². The molecule has 0 fully saturated rings. The zero-order valence-electron chi connectivity index (χ0n) is 7.39. The summed E-state index contributed by atoms with van der Waals surface area (Å²) in [6.45, 7) is 6.00. The van der Waals surface area contributed by atoms with Gasteiger partial charge in [0, 0.05) is 0 Å². The molecule has 1 heteroatoms. The Morgan fingerprint density at radius 3 is 2.82 bits per heavy atom. The second-order valence-electron chi connectivity index (χ2n) is 2.79. The molecule has 0 radical (unpaired) electrons. The molecule has 0 unspecified atom stereocenters. The third-order valence-corrected chi connectivity index (χ3v) is 1.97. The lowest BCUT2D eigenvalue weighted by Gasteiger charge is -1.94. The Hall–Kier alpha value is -0.560. The van der Waals surface area contributed by atoms with Gasteiger partial charge in [0.2, 0.25) is 0 Å². The van der Waals surface area contributed by atoms with E-state index in [0.29, 0.717) is 0 Å². The molecule has 0 aromatic rings. The first kappa shape index (κ1) is 8.54. The summed E-state index contributed by atoms with van der Waals surface area (Å²) in [4.78, 5) is 0. The molecule has 0 atom stereocenters. The Bertz CT molecular complexity index is 177.